The molecule has 2 unspecified atom stereocenters. The topological polar surface area (TPSA) is 89.1 Å². The van der Waals surface area contributed by atoms with E-state index in [1.165, 1.54) is 0 Å². The normalized spacial score (nSPS) is 12.3. The fraction of sp³-hybridized carbons (Fsp3) is 0.219. The van der Waals surface area contributed by atoms with Crippen molar-refractivity contribution in [1.82, 2.24) is 10.6 Å². The summed E-state index contributed by atoms with van der Waals surface area (Å²) < 4.78 is 17.6. The van der Waals surface area contributed by atoms with Crippen LogP contribution in [0.15, 0.2) is 109 Å². The highest BCUT2D eigenvalue weighted by Crippen LogP contribution is 2.26. The molecule has 39 heavy (non-hydrogen) atoms. The van der Waals surface area contributed by atoms with E-state index in [-0.39, 0.29) is 19.1 Å². The maximum atomic E-state index is 13.3. The van der Waals surface area contributed by atoms with Gasteiger partial charge in [-0.15, -0.1) is 0 Å². The molecule has 0 aromatic heterocycles. The number of ether oxygens (including phenoxy) is 3. The van der Waals surface area contributed by atoms with Gasteiger partial charge < -0.3 is 24.6 Å². The predicted molar refractivity (Wildman–Crippen MR) is 151 cm³/mol. The Morgan fingerprint density at radius 3 is 1.97 bits per heavy atom. The zero-order chi connectivity index (χ0) is 27.3. The number of hydrogen-bond acceptors (Lipinski definition) is 6. The maximum absolute atomic E-state index is 13.3. The van der Waals surface area contributed by atoms with Gasteiger partial charge in [-0.25, -0.2) is 0 Å². The standard InChI is InChI=1S/C32H34N2O5/c1-24(33-20-27(35)23-38-28-15-9-4-10-16-28)34-32(36)30-19-29(37-21-25-11-5-2-6-12-25)17-18-31(30)39-22-26-13-7-3-8-14-26/h2-19,24,27,33,35H,20-23H2,1H3,(H,34,36). The minimum Gasteiger partial charge on any atom is -0.491 e. The van der Waals surface area contributed by atoms with Crippen LogP contribution in [0.4, 0.5) is 0 Å². The SMILES string of the molecule is CC(NCC(O)COc1ccccc1)NC(=O)c1cc(OCc2ccccc2)ccc1OCc1ccccc1. The average Bonchev–Trinajstić information content (AvgIpc) is 2.98. The second kappa shape index (κ2) is 14.6. The van der Waals surface area contributed by atoms with Gasteiger partial charge in [-0.05, 0) is 48.4 Å². The van der Waals surface area contributed by atoms with E-state index in [4.69, 9.17) is 14.2 Å². The number of rotatable bonds is 14. The van der Waals surface area contributed by atoms with E-state index in [9.17, 15) is 9.90 Å². The zero-order valence-corrected chi connectivity index (χ0v) is 22.0. The van der Waals surface area contributed by atoms with E-state index < -0.39 is 12.3 Å². The first-order valence-corrected chi connectivity index (χ1v) is 12.9. The Bertz CT molecular complexity index is 1290. The third-order valence-corrected chi connectivity index (χ3v) is 5.87. The van der Waals surface area contributed by atoms with Gasteiger partial charge in [0.1, 0.15) is 43.2 Å². The predicted octanol–water partition coefficient (Wildman–Crippen LogP) is 4.95. The van der Waals surface area contributed by atoms with E-state index in [0.717, 1.165) is 11.1 Å². The summed E-state index contributed by atoms with van der Waals surface area (Å²) in [6, 6.07) is 34.1. The first-order chi connectivity index (χ1) is 19.1. The molecule has 0 saturated carbocycles. The molecular weight excluding hydrogens is 492 g/mol. The number of carbonyl (C=O) groups excluding carboxylic acids is 1. The molecule has 0 aliphatic heterocycles. The number of nitrogens with one attached hydrogen (secondary N) is 2. The van der Waals surface area contributed by atoms with Gasteiger partial charge in [0, 0.05) is 6.54 Å². The first kappa shape index (κ1) is 27.7. The largest absolute Gasteiger partial charge is 0.491 e. The molecule has 0 heterocycles. The smallest absolute Gasteiger partial charge is 0.256 e. The molecule has 0 bridgehead atoms. The molecule has 2 atom stereocenters. The van der Waals surface area contributed by atoms with Crippen molar-refractivity contribution >= 4 is 5.91 Å². The molecule has 0 aliphatic carbocycles. The molecule has 4 rings (SSSR count). The van der Waals surface area contributed by atoms with Crippen LogP contribution in [0, 0.1) is 0 Å². The highest BCUT2D eigenvalue weighted by Gasteiger charge is 2.17. The summed E-state index contributed by atoms with van der Waals surface area (Å²) in [4.78, 5) is 13.3. The van der Waals surface area contributed by atoms with E-state index in [1.54, 1.807) is 18.2 Å². The van der Waals surface area contributed by atoms with Gasteiger partial charge in [-0.3, -0.25) is 10.1 Å². The summed E-state index contributed by atoms with van der Waals surface area (Å²) in [5, 5.41) is 16.3. The Kier molecular flexibility index (Phi) is 10.3. The van der Waals surface area contributed by atoms with Crippen LogP contribution < -0.4 is 24.8 Å². The number of aliphatic hydroxyl groups excluding tert-OH is 1. The van der Waals surface area contributed by atoms with Crippen LogP contribution >= 0.6 is 0 Å². The third-order valence-electron chi connectivity index (χ3n) is 5.87. The summed E-state index contributed by atoms with van der Waals surface area (Å²) in [5.74, 6) is 1.38. The van der Waals surface area contributed by atoms with Crippen LogP contribution in [0.25, 0.3) is 0 Å². The van der Waals surface area contributed by atoms with Crippen molar-refractivity contribution in [1.29, 1.82) is 0 Å². The molecule has 0 saturated heterocycles. The quantitative estimate of drug-likeness (QED) is 0.202. The van der Waals surface area contributed by atoms with Crippen LogP contribution in [0.3, 0.4) is 0 Å². The third kappa shape index (κ3) is 9.17. The number of hydrogen-bond donors (Lipinski definition) is 3. The van der Waals surface area contributed by atoms with Gasteiger partial charge in [0.25, 0.3) is 5.91 Å². The van der Waals surface area contributed by atoms with Crippen LogP contribution in [0.5, 0.6) is 17.2 Å². The van der Waals surface area contributed by atoms with Crippen molar-refractivity contribution in [3.8, 4) is 17.2 Å². The lowest BCUT2D eigenvalue weighted by atomic mass is 10.1. The Labute approximate surface area is 229 Å². The Hall–Kier alpha value is -4.33. The van der Waals surface area contributed by atoms with Crippen LogP contribution in [-0.4, -0.2) is 36.4 Å². The fourth-order valence-electron chi connectivity index (χ4n) is 3.78. The molecule has 7 heteroatoms. The number of para-hydroxylation sites is 1. The highest BCUT2D eigenvalue weighted by atomic mass is 16.5. The minimum atomic E-state index is -0.746. The molecule has 1 amide bonds. The average molecular weight is 527 g/mol. The maximum Gasteiger partial charge on any atom is 0.256 e. The Morgan fingerprint density at radius 2 is 1.33 bits per heavy atom. The second-order valence-corrected chi connectivity index (χ2v) is 9.09. The van der Waals surface area contributed by atoms with Crippen molar-refractivity contribution in [2.75, 3.05) is 13.2 Å². The Morgan fingerprint density at radius 1 is 0.744 bits per heavy atom. The van der Waals surface area contributed by atoms with Crippen molar-refractivity contribution in [3.63, 3.8) is 0 Å². The van der Waals surface area contributed by atoms with Crippen molar-refractivity contribution < 1.29 is 24.1 Å². The number of amides is 1. The van der Waals surface area contributed by atoms with E-state index in [2.05, 4.69) is 10.6 Å². The van der Waals surface area contributed by atoms with Crippen molar-refractivity contribution in [3.05, 3.63) is 126 Å². The summed E-state index contributed by atoms with van der Waals surface area (Å²) in [7, 11) is 0. The minimum absolute atomic E-state index is 0.135. The lowest BCUT2D eigenvalue weighted by Gasteiger charge is -2.20. The molecular formula is C32H34N2O5. The van der Waals surface area contributed by atoms with Gasteiger partial charge >= 0.3 is 0 Å². The molecule has 7 nitrogen and oxygen atoms in total. The van der Waals surface area contributed by atoms with Crippen LogP contribution in [-0.2, 0) is 13.2 Å². The summed E-state index contributed by atoms with van der Waals surface area (Å²) in [6.07, 6.45) is -1.16. The van der Waals surface area contributed by atoms with E-state index >= 15 is 0 Å². The number of benzene rings is 4. The van der Waals surface area contributed by atoms with Crippen molar-refractivity contribution in [2.45, 2.75) is 32.4 Å². The molecule has 202 valence electrons. The van der Waals surface area contributed by atoms with Gasteiger partial charge in [0.15, 0.2) is 0 Å². The molecule has 0 radical (unpaired) electrons. The van der Waals surface area contributed by atoms with E-state index in [1.807, 2.05) is 97.9 Å². The molecule has 0 aliphatic rings. The zero-order valence-electron chi connectivity index (χ0n) is 22.0. The molecule has 0 spiro atoms. The summed E-state index contributed by atoms with van der Waals surface area (Å²) >= 11 is 0. The van der Waals surface area contributed by atoms with Crippen LogP contribution in [0.1, 0.15) is 28.4 Å². The van der Waals surface area contributed by atoms with Gasteiger partial charge in [-0.1, -0.05) is 78.9 Å². The molecule has 4 aromatic rings. The van der Waals surface area contributed by atoms with Gasteiger partial charge in [-0.2, -0.15) is 0 Å². The first-order valence-electron chi connectivity index (χ1n) is 12.9. The molecule has 4 aromatic carbocycles. The summed E-state index contributed by atoms with van der Waals surface area (Å²) in [6.45, 7) is 2.89. The molecule has 3 N–H and O–H groups in total. The Balaban J connectivity index is 1.36. The fourth-order valence-corrected chi connectivity index (χ4v) is 3.78. The highest BCUT2D eigenvalue weighted by molar-refractivity contribution is 5.97. The summed E-state index contributed by atoms with van der Waals surface area (Å²) in [5.41, 5.74) is 2.38. The molecule has 0 fully saturated rings. The monoisotopic (exact) mass is 526 g/mol. The van der Waals surface area contributed by atoms with Crippen molar-refractivity contribution in [2.24, 2.45) is 0 Å². The lowest BCUT2D eigenvalue weighted by Crippen LogP contribution is -2.46. The number of aliphatic hydroxyl groups is 1. The van der Waals surface area contributed by atoms with Crippen LogP contribution in [0.2, 0.25) is 0 Å². The number of carbonyl (C=O) groups is 1. The van der Waals surface area contributed by atoms with Gasteiger partial charge in [0.2, 0.25) is 0 Å². The lowest BCUT2D eigenvalue weighted by molar-refractivity contribution is 0.0891. The van der Waals surface area contributed by atoms with E-state index in [0.29, 0.717) is 36.0 Å². The second-order valence-electron chi connectivity index (χ2n) is 9.09. The van der Waals surface area contributed by atoms with Gasteiger partial charge in [0.05, 0.1) is 11.7 Å².